The van der Waals surface area contributed by atoms with Crippen molar-refractivity contribution in [1.29, 1.82) is 0 Å². The zero-order chi connectivity index (χ0) is 11.1. The van der Waals surface area contributed by atoms with Gasteiger partial charge in [0.1, 0.15) is 0 Å². The van der Waals surface area contributed by atoms with Gasteiger partial charge < -0.3 is 5.32 Å². The fourth-order valence-corrected chi connectivity index (χ4v) is 2.30. The molecule has 1 aromatic carbocycles. The van der Waals surface area contributed by atoms with Crippen LogP contribution in [0.5, 0.6) is 0 Å². The molecule has 0 aromatic heterocycles. The standard InChI is InChI=1S/C13H18BrN/c1-9-8-11(14)4-5-12(9)15-10(2)13(3)6-7-13/h4-5,8,10,15H,6-7H2,1-3H3. The highest BCUT2D eigenvalue weighted by molar-refractivity contribution is 9.10. The van der Waals surface area contributed by atoms with Crippen LogP contribution in [-0.4, -0.2) is 6.04 Å². The highest BCUT2D eigenvalue weighted by Gasteiger charge is 2.42. The van der Waals surface area contributed by atoms with Gasteiger partial charge in [0, 0.05) is 16.2 Å². The first-order valence-electron chi connectivity index (χ1n) is 5.54. The topological polar surface area (TPSA) is 12.0 Å². The first kappa shape index (κ1) is 11.0. The fourth-order valence-electron chi connectivity index (χ4n) is 1.83. The number of nitrogens with one attached hydrogen (secondary N) is 1. The van der Waals surface area contributed by atoms with E-state index < -0.39 is 0 Å². The van der Waals surface area contributed by atoms with Gasteiger partial charge in [-0.05, 0) is 55.9 Å². The van der Waals surface area contributed by atoms with E-state index in [1.807, 2.05) is 0 Å². The predicted molar refractivity (Wildman–Crippen MR) is 69.3 cm³/mol. The molecule has 0 spiro atoms. The lowest BCUT2D eigenvalue weighted by Gasteiger charge is -2.22. The number of aryl methyl sites for hydroxylation is 1. The minimum absolute atomic E-state index is 0.527. The average molecular weight is 268 g/mol. The van der Waals surface area contributed by atoms with E-state index in [2.05, 4.69) is 60.2 Å². The first-order valence-corrected chi connectivity index (χ1v) is 6.33. The molecule has 0 aliphatic heterocycles. The molecule has 0 radical (unpaired) electrons. The third-order valence-electron chi connectivity index (χ3n) is 3.64. The molecular weight excluding hydrogens is 250 g/mol. The number of benzene rings is 1. The summed E-state index contributed by atoms with van der Waals surface area (Å²) in [6, 6.07) is 6.97. The van der Waals surface area contributed by atoms with Gasteiger partial charge in [-0.3, -0.25) is 0 Å². The predicted octanol–water partition coefficient (Wildman–Crippen LogP) is 4.36. The maximum Gasteiger partial charge on any atom is 0.0372 e. The summed E-state index contributed by atoms with van der Waals surface area (Å²) < 4.78 is 1.15. The van der Waals surface area contributed by atoms with Crippen LogP contribution in [0.2, 0.25) is 0 Å². The van der Waals surface area contributed by atoms with Crippen molar-refractivity contribution in [2.24, 2.45) is 5.41 Å². The molecule has 0 amide bonds. The Morgan fingerprint density at radius 3 is 2.60 bits per heavy atom. The maximum absolute atomic E-state index is 3.62. The molecule has 1 saturated carbocycles. The molecule has 2 heteroatoms. The quantitative estimate of drug-likeness (QED) is 0.858. The molecule has 0 bridgehead atoms. The molecule has 1 nitrogen and oxygen atoms in total. The lowest BCUT2D eigenvalue weighted by molar-refractivity contribution is 0.493. The van der Waals surface area contributed by atoms with Crippen LogP contribution in [0, 0.1) is 12.3 Å². The van der Waals surface area contributed by atoms with Gasteiger partial charge in [-0.15, -0.1) is 0 Å². The lowest BCUT2D eigenvalue weighted by Crippen LogP contribution is -2.25. The molecule has 2 rings (SSSR count). The molecular formula is C13H18BrN. The zero-order valence-corrected chi connectivity index (χ0v) is 11.2. The van der Waals surface area contributed by atoms with E-state index in [1.54, 1.807) is 0 Å². The van der Waals surface area contributed by atoms with Crippen molar-refractivity contribution in [2.45, 2.75) is 39.7 Å². The second-order valence-corrected chi connectivity index (χ2v) is 5.89. The Hall–Kier alpha value is -0.500. The number of hydrogen-bond donors (Lipinski definition) is 1. The third kappa shape index (κ3) is 2.36. The number of hydrogen-bond acceptors (Lipinski definition) is 1. The van der Waals surface area contributed by atoms with E-state index in [0.29, 0.717) is 11.5 Å². The summed E-state index contributed by atoms with van der Waals surface area (Å²) in [6.45, 7) is 6.79. The van der Waals surface area contributed by atoms with Crippen LogP contribution in [0.25, 0.3) is 0 Å². The largest absolute Gasteiger partial charge is 0.382 e. The van der Waals surface area contributed by atoms with Gasteiger partial charge in [0.15, 0.2) is 0 Å². The summed E-state index contributed by atoms with van der Waals surface area (Å²) in [7, 11) is 0. The van der Waals surface area contributed by atoms with Crippen LogP contribution in [0.4, 0.5) is 5.69 Å². The average Bonchev–Trinajstić information content (AvgIpc) is 2.90. The molecule has 0 heterocycles. The van der Waals surface area contributed by atoms with Crippen molar-refractivity contribution in [2.75, 3.05) is 5.32 Å². The van der Waals surface area contributed by atoms with E-state index in [0.717, 1.165) is 4.47 Å². The van der Waals surface area contributed by atoms with Crippen LogP contribution in [0.3, 0.4) is 0 Å². The van der Waals surface area contributed by atoms with Crippen molar-refractivity contribution in [3.05, 3.63) is 28.2 Å². The Balaban J connectivity index is 2.10. The smallest absolute Gasteiger partial charge is 0.0372 e. The Labute approximate surface area is 100 Å². The summed E-state index contributed by atoms with van der Waals surface area (Å²) in [5, 5.41) is 3.62. The summed E-state index contributed by atoms with van der Waals surface area (Å²) in [5.74, 6) is 0. The van der Waals surface area contributed by atoms with Gasteiger partial charge in [0.25, 0.3) is 0 Å². The normalized spacial score (nSPS) is 19.7. The van der Waals surface area contributed by atoms with Crippen molar-refractivity contribution in [1.82, 2.24) is 0 Å². The molecule has 15 heavy (non-hydrogen) atoms. The van der Waals surface area contributed by atoms with Crippen LogP contribution in [0.1, 0.15) is 32.3 Å². The highest BCUT2D eigenvalue weighted by atomic mass is 79.9. The Bertz CT molecular complexity index is 369. The number of rotatable bonds is 3. The molecule has 0 saturated heterocycles. The van der Waals surface area contributed by atoms with Crippen LogP contribution < -0.4 is 5.32 Å². The molecule has 1 unspecified atom stereocenters. The van der Waals surface area contributed by atoms with Crippen molar-refractivity contribution in [3.63, 3.8) is 0 Å². The summed E-state index contributed by atoms with van der Waals surface area (Å²) in [4.78, 5) is 0. The van der Waals surface area contributed by atoms with Gasteiger partial charge in [0.2, 0.25) is 0 Å². The van der Waals surface area contributed by atoms with Gasteiger partial charge in [-0.1, -0.05) is 22.9 Å². The second kappa shape index (κ2) is 3.82. The first-order chi connectivity index (χ1) is 7.01. The lowest BCUT2D eigenvalue weighted by atomic mass is 10.00. The maximum atomic E-state index is 3.62. The molecule has 1 aliphatic carbocycles. The number of anilines is 1. The Morgan fingerprint density at radius 1 is 1.40 bits per heavy atom. The van der Waals surface area contributed by atoms with E-state index in [-0.39, 0.29) is 0 Å². The van der Waals surface area contributed by atoms with E-state index in [1.165, 1.54) is 24.1 Å². The SMILES string of the molecule is Cc1cc(Br)ccc1NC(C)C1(C)CC1. The Morgan fingerprint density at radius 2 is 2.07 bits per heavy atom. The van der Waals surface area contributed by atoms with Gasteiger partial charge in [-0.2, -0.15) is 0 Å². The summed E-state index contributed by atoms with van der Waals surface area (Å²) >= 11 is 3.49. The fraction of sp³-hybridized carbons (Fsp3) is 0.538. The van der Waals surface area contributed by atoms with Crippen LogP contribution in [-0.2, 0) is 0 Å². The van der Waals surface area contributed by atoms with E-state index in [4.69, 9.17) is 0 Å². The van der Waals surface area contributed by atoms with Crippen molar-refractivity contribution >= 4 is 21.6 Å². The second-order valence-electron chi connectivity index (χ2n) is 4.98. The molecule has 1 aliphatic rings. The van der Waals surface area contributed by atoms with Gasteiger partial charge >= 0.3 is 0 Å². The van der Waals surface area contributed by atoms with Crippen LogP contribution >= 0.6 is 15.9 Å². The Kier molecular flexibility index (Phi) is 2.80. The minimum atomic E-state index is 0.527. The number of halogens is 1. The van der Waals surface area contributed by atoms with Gasteiger partial charge in [-0.25, -0.2) is 0 Å². The van der Waals surface area contributed by atoms with E-state index in [9.17, 15) is 0 Å². The molecule has 82 valence electrons. The zero-order valence-electron chi connectivity index (χ0n) is 9.60. The van der Waals surface area contributed by atoms with Crippen molar-refractivity contribution < 1.29 is 0 Å². The minimum Gasteiger partial charge on any atom is -0.382 e. The summed E-state index contributed by atoms with van der Waals surface area (Å²) in [5.41, 5.74) is 3.10. The van der Waals surface area contributed by atoms with Crippen LogP contribution in [0.15, 0.2) is 22.7 Å². The molecule has 1 N–H and O–H groups in total. The molecule has 1 fully saturated rings. The van der Waals surface area contributed by atoms with Crippen molar-refractivity contribution in [3.8, 4) is 0 Å². The summed E-state index contributed by atoms with van der Waals surface area (Å²) in [6.07, 6.45) is 2.72. The third-order valence-corrected chi connectivity index (χ3v) is 4.14. The molecule has 1 aromatic rings. The van der Waals surface area contributed by atoms with E-state index >= 15 is 0 Å². The highest BCUT2D eigenvalue weighted by Crippen LogP contribution is 2.48. The monoisotopic (exact) mass is 267 g/mol. The van der Waals surface area contributed by atoms with Gasteiger partial charge in [0.05, 0.1) is 0 Å². The molecule has 1 atom stereocenters.